The van der Waals surface area contributed by atoms with Crippen molar-refractivity contribution in [3.05, 3.63) is 41.6 Å². The molecule has 2 N–H and O–H groups in total. The van der Waals surface area contributed by atoms with Crippen molar-refractivity contribution in [3.8, 4) is 0 Å². The third-order valence-corrected chi connectivity index (χ3v) is 7.82. The number of hydrogen-bond donors (Lipinski definition) is 2. The number of esters is 3. The number of para-hydroxylation sites is 1. The van der Waals surface area contributed by atoms with Crippen LogP contribution in [0.15, 0.2) is 30.3 Å². The van der Waals surface area contributed by atoms with E-state index in [-0.39, 0.29) is 75.2 Å². The fourth-order valence-electron chi connectivity index (χ4n) is 5.45. The van der Waals surface area contributed by atoms with Crippen LogP contribution >= 0.6 is 0 Å². The third-order valence-electron chi connectivity index (χ3n) is 7.82. The SMILES string of the molecule is CCOC(=O)N1CCN(C(=O)C(CCC(=O)OC(C)(C)C)NC(=O)c2cc(C(=O)NC(CCC(=O)OC(C)(C)C)C(=O)OC)c3ccccc3n2)CC1. The lowest BCUT2D eigenvalue weighted by Crippen LogP contribution is -2.56. The van der Waals surface area contributed by atoms with Crippen molar-refractivity contribution >= 4 is 52.6 Å². The molecule has 1 aliphatic rings. The highest BCUT2D eigenvalue weighted by Crippen LogP contribution is 2.21. The van der Waals surface area contributed by atoms with E-state index in [1.165, 1.54) is 15.9 Å². The van der Waals surface area contributed by atoms with Gasteiger partial charge in [-0.25, -0.2) is 14.6 Å². The summed E-state index contributed by atoms with van der Waals surface area (Å²) in [6, 6.07) is 5.39. The molecule has 0 saturated carbocycles. The first-order chi connectivity index (χ1) is 24.8. The molecule has 16 heteroatoms. The number of nitrogens with zero attached hydrogens (tertiary/aromatic N) is 3. The van der Waals surface area contributed by atoms with Crippen molar-refractivity contribution < 1.29 is 52.5 Å². The van der Waals surface area contributed by atoms with Gasteiger partial charge in [-0.15, -0.1) is 0 Å². The van der Waals surface area contributed by atoms with E-state index in [1.807, 2.05) is 0 Å². The Morgan fingerprint density at radius 2 is 1.30 bits per heavy atom. The number of aromatic nitrogens is 1. The lowest BCUT2D eigenvalue weighted by molar-refractivity contribution is -0.156. The van der Waals surface area contributed by atoms with Crippen LogP contribution in [0.5, 0.6) is 0 Å². The summed E-state index contributed by atoms with van der Waals surface area (Å²) in [5.41, 5.74) is -1.44. The van der Waals surface area contributed by atoms with E-state index >= 15 is 0 Å². The lowest BCUT2D eigenvalue weighted by Gasteiger charge is -2.36. The first-order valence-corrected chi connectivity index (χ1v) is 17.5. The lowest BCUT2D eigenvalue weighted by atomic mass is 10.0. The molecule has 0 aliphatic carbocycles. The standard InChI is InChI=1S/C37H51N5O11/c1-9-51-35(49)42-20-18-41(19-21-42)33(47)26(14-16-29(43)52-36(2,3)4)39-32(46)28-22-24(23-12-10-11-13-25(23)38-28)31(45)40-27(34(48)50-8)15-17-30(44)53-37(5,6)7/h10-13,22,26-27H,9,14-21H2,1-8H3,(H,39,46)(H,40,45). The molecule has 16 nitrogen and oxygen atoms in total. The number of ether oxygens (including phenoxy) is 4. The number of fused-ring (bicyclic) bond motifs is 1. The normalized spacial score (nSPS) is 14.4. The number of pyridine rings is 1. The number of benzene rings is 1. The number of hydrogen-bond acceptors (Lipinski definition) is 12. The van der Waals surface area contributed by atoms with Crippen LogP contribution in [-0.2, 0) is 38.1 Å². The molecule has 0 bridgehead atoms. The number of methoxy groups -OCH3 is 1. The molecule has 1 aromatic carbocycles. The molecule has 1 aromatic heterocycles. The van der Waals surface area contributed by atoms with Gasteiger partial charge in [0.1, 0.15) is 29.0 Å². The fourth-order valence-corrected chi connectivity index (χ4v) is 5.45. The Labute approximate surface area is 309 Å². The molecule has 0 radical (unpaired) electrons. The quantitative estimate of drug-likeness (QED) is 0.225. The van der Waals surface area contributed by atoms with Gasteiger partial charge in [-0.1, -0.05) is 18.2 Å². The van der Waals surface area contributed by atoms with Gasteiger partial charge in [0.2, 0.25) is 5.91 Å². The summed E-state index contributed by atoms with van der Waals surface area (Å²) in [6.45, 7) is 12.9. The van der Waals surface area contributed by atoms with Crippen LogP contribution in [0.1, 0.15) is 95.0 Å². The van der Waals surface area contributed by atoms with E-state index in [0.29, 0.717) is 5.39 Å². The molecule has 0 spiro atoms. The van der Waals surface area contributed by atoms with Crippen molar-refractivity contribution in [1.29, 1.82) is 0 Å². The van der Waals surface area contributed by atoms with Gasteiger partial charge >= 0.3 is 24.0 Å². The number of piperazine rings is 1. The molecule has 53 heavy (non-hydrogen) atoms. The Morgan fingerprint density at radius 1 is 0.774 bits per heavy atom. The maximum absolute atomic E-state index is 13.8. The van der Waals surface area contributed by atoms with E-state index < -0.39 is 65.0 Å². The van der Waals surface area contributed by atoms with E-state index in [1.54, 1.807) is 72.7 Å². The zero-order valence-corrected chi connectivity index (χ0v) is 31.7. The maximum Gasteiger partial charge on any atom is 0.409 e. The van der Waals surface area contributed by atoms with Gasteiger partial charge in [0, 0.05) is 44.4 Å². The van der Waals surface area contributed by atoms with Crippen LogP contribution < -0.4 is 10.6 Å². The minimum absolute atomic E-state index is 0.00126. The first-order valence-electron chi connectivity index (χ1n) is 17.5. The minimum atomic E-state index is -1.22. The summed E-state index contributed by atoms with van der Waals surface area (Å²) in [6.07, 6.45) is -1.07. The first kappa shape index (κ1) is 42.1. The number of nitrogens with one attached hydrogen (secondary N) is 2. The van der Waals surface area contributed by atoms with Crippen molar-refractivity contribution in [2.75, 3.05) is 39.9 Å². The maximum atomic E-state index is 13.8. The average molecular weight is 742 g/mol. The minimum Gasteiger partial charge on any atom is -0.467 e. The highest BCUT2D eigenvalue weighted by atomic mass is 16.6. The van der Waals surface area contributed by atoms with Crippen LogP contribution in [0.25, 0.3) is 10.9 Å². The molecule has 1 saturated heterocycles. The smallest absolute Gasteiger partial charge is 0.409 e. The van der Waals surface area contributed by atoms with Gasteiger partial charge in [0.05, 0.1) is 24.8 Å². The second-order valence-electron chi connectivity index (χ2n) is 14.4. The Balaban J connectivity index is 1.88. The third kappa shape index (κ3) is 13.0. The van der Waals surface area contributed by atoms with Gasteiger partial charge in [-0.3, -0.25) is 24.0 Å². The van der Waals surface area contributed by atoms with Crippen LogP contribution in [0.4, 0.5) is 4.79 Å². The number of carbonyl (C=O) groups excluding carboxylic acids is 7. The van der Waals surface area contributed by atoms with Crippen LogP contribution in [0.3, 0.4) is 0 Å². The molecule has 1 aliphatic heterocycles. The van der Waals surface area contributed by atoms with Gasteiger partial charge in [-0.05, 0) is 73.4 Å². The second-order valence-corrected chi connectivity index (χ2v) is 14.4. The molecule has 2 heterocycles. The van der Waals surface area contributed by atoms with Gasteiger partial charge in [0.15, 0.2) is 0 Å². The van der Waals surface area contributed by atoms with E-state index in [0.717, 1.165) is 7.11 Å². The summed E-state index contributed by atoms with van der Waals surface area (Å²) in [4.78, 5) is 98.6. The molecule has 4 amide bonds. The van der Waals surface area contributed by atoms with Crippen molar-refractivity contribution in [1.82, 2.24) is 25.4 Å². The molecule has 2 unspecified atom stereocenters. The predicted octanol–water partition coefficient (Wildman–Crippen LogP) is 3.15. The van der Waals surface area contributed by atoms with Gasteiger partial charge < -0.3 is 39.4 Å². The largest absolute Gasteiger partial charge is 0.467 e. The monoisotopic (exact) mass is 741 g/mol. The number of carbonyl (C=O) groups is 7. The predicted molar refractivity (Wildman–Crippen MR) is 192 cm³/mol. The topological polar surface area (TPSA) is 200 Å². The summed E-state index contributed by atoms with van der Waals surface area (Å²) < 4.78 is 20.7. The zero-order chi connectivity index (χ0) is 39.5. The van der Waals surface area contributed by atoms with Crippen LogP contribution in [0, 0.1) is 0 Å². The van der Waals surface area contributed by atoms with E-state index in [2.05, 4.69) is 15.6 Å². The van der Waals surface area contributed by atoms with E-state index in [4.69, 9.17) is 18.9 Å². The Kier molecular flexibility index (Phi) is 14.7. The van der Waals surface area contributed by atoms with Crippen molar-refractivity contribution in [3.63, 3.8) is 0 Å². The second kappa shape index (κ2) is 18.5. The summed E-state index contributed by atoms with van der Waals surface area (Å²) in [5, 5.41) is 5.66. The molecule has 2 atom stereocenters. The summed E-state index contributed by atoms with van der Waals surface area (Å²) in [7, 11) is 1.15. The van der Waals surface area contributed by atoms with Crippen molar-refractivity contribution in [2.45, 2.75) is 97.4 Å². The van der Waals surface area contributed by atoms with Crippen LogP contribution in [0.2, 0.25) is 0 Å². The summed E-state index contributed by atoms with van der Waals surface area (Å²) in [5.74, 6) is -3.93. The molecule has 290 valence electrons. The van der Waals surface area contributed by atoms with Gasteiger partial charge in [-0.2, -0.15) is 0 Å². The zero-order valence-electron chi connectivity index (χ0n) is 31.7. The molecule has 1 fully saturated rings. The molecule has 2 aromatic rings. The Bertz CT molecular complexity index is 1670. The average Bonchev–Trinajstić information content (AvgIpc) is 3.09. The molecule has 3 rings (SSSR count). The highest BCUT2D eigenvalue weighted by Gasteiger charge is 2.33. The summed E-state index contributed by atoms with van der Waals surface area (Å²) >= 11 is 0. The van der Waals surface area contributed by atoms with Gasteiger partial charge in [0.25, 0.3) is 11.8 Å². The molecular formula is C37H51N5O11. The van der Waals surface area contributed by atoms with Crippen molar-refractivity contribution in [2.24, 2.45) is 0 Å². The highest BCUT2D eigenvalue weighted by molar-refractivity contribution is 6.09. The van der Waals surface area contributed by atoms with Crippen LogP contribution in [-0.4, -0.2) is 120 Å². The van der Waals surface area contributed by atoms with E-state index in [9.17, 15) is 33.6 Å². The number of rotatable bonds is 13. The number of amides is 4. The molecular weight excluding hydrogens is 690 g/mol. The Hall–Kier alpha value is -5.28. The fraction of sp³-hybridized carbons (Fsp3) is 0.568. The Morgan fingerprint density at radius 3 is 1.85 bits per heavy atom.